The normalized spacial score (nSPS) is 12.4. The second-order valence-electron chi connectivity index (χ2n) is 5.07. The Morgan fingerprint density at radius 1 is 1.16 bits per heavy atom. The van der Waals surface area contributed by atoms with Crippen molar-refractivity contribution < 1.29 is 22.7 Å². The van der Waals surface area contributed by atoms with Crippen LogP contribution in [0.25, 0.3) is 0 Å². The third-order valence-corrected chi connectivity index (χ3v) is 5.96. The zero-order chi connectivity index (χ0) is 18.3. The highest BCUT2D eigenvalue weighted by molar-refractivity contribution is 7.91. The molecular formula is C16H18N2O5S2. The van der Waals surface area contributed by atoms with Gasteiger partial charge in [-0.3, -0.25) is 9.59 Å². The van der Waals surface area contributed by atoms with Gasteiger partial charge in [-0.1, -0.05) is 24.3 Å². The van der Waals surface area contributed by atoms with Crippen LogP contribution in [0.1, 0.15) is 13.3 Å². The SMILES string of the molecule is CC(OC(=O)CCNS(=O)(=O)c1cccs1)C(=O)Nc1ccccc1. The predicted molar refractivity (Wildman–Crippen MR) is 94.8 cm³/mol. The maximum atomic E-state index is 11.9. The van der Waals surface area contributed by atoms with Gasteiger partial charge in [0.05, 0.1) is 6.42 Å². The number of sulfonamides is 1. The maximum Gasteiger partial charge on any atom is 0.307 e. The molecule has 0 radical (unpaired) electrons. The topological polar surface area (TPSA) is 102 Å². The van der Waals surface area contributed by atoms with Gasteiger partial charge in [0.15, 0.2) is 6.10 Å². The quantitative estimate of drug-likeness (QED) is 0.680. The number of ether oxygens (including phenoxy) is 1. The zero-order valence-corrected chi connectivity index (χ0v) is 15.1. The van der Waals surface area contributed by atoms with E-state index in [2.05, 4.69) is 10.0 Å². The fourth-order valence-electron chi connectivity index (χ4n) is 1.85. The van der Waals surface area contributed by atoms with Gasteiger partial charge in [-0.15, -0.1) is 11.3 Å². The van der Waals surface area contributed by atoms with Gasteiger partial charge in [0.1, 0.15) is 4.21 Å². The Hall–Kier alpha value is -2.23. The summed E-state index contributed by atoms with van der Waals surface area (Å²) in [6.45, 7) is 1.35. The summed E-state index contributed by atoms with van der Waals surface area (Å²) in [5, 5.41) is 4.27. The molecular weight excluding hydrogens is 364 g/mol. The highest BCUT2D eigenvalue weighted by Crippen LogP contribution is 2.15. The Morgan fingerprint density at radius 2 is 1.88 bits per heavy atom. The Bertz CT molecular complexity index is 804. The number of nitrogens with one attached hydrogen (secondary N) is 2. The van der Waals surface area contributed by atoms with E-state index in [9.17, 15) is 18.0 Å². The minimum atomic E-state index is -3.62. The number of rotatable bonds is 8. The van der Waals surface area contributed by atoms with Gasteiger partial charge < -0.3 is 10.1 Å². The van der Waals surface area contributed by atoms with E-state index in [0.29, 0.717) is 5.69 Å². The highest BCUT2D eigenvalue weighted by atomic mass is 32.2. The Labute approximate surface area is 150 Å². The molecule has 0 aliphatic carbocycles. The van der Waals surface area contributed by atoms with Crippen molar-refractivity contribution in [1.29, 1.82) is 0 Å². The molecule has 2 aromatic rings. The number of hydrogen-bond acceptors (Lipinski definition) is 6. The number of para-hydroxylation sites is 1. The lowest BCUT2D eigenvalue weighted by molar-refractivity contribution is -0.152. The lowest BCUT2D eigenvalue weighted by Crippen LogP contribution is -2.31. The summed E-state index contributed by atoms with van der Waals surface area (Å²) in [7, 11) is -3.62. The molecule has 0 aliphatic heterocycles. The van der Waals surface area contributed by atoms with E-state index in [-0.39, 0.29) is 17.2 Å². The molecule has 2 N–H and O–H groups in total. The Kier molecular flexibility index (Phi) is 6.68. The number of carbonyl (C=O) groups is 2. The van der Waals surface area contributed by atoms with Crippen LogP contribution in [-0.4, -0.2) is 32.9 Å². The monoisotopic (exact) mass is 382 g/mol. The highest BCUT2D eigenvalue weighted by Gasteiger charge is 2.19. The minimum absolute atomic E-state index is 0.105. The van der Waals surface area contributed by atoms with Gasteiger partial charge in [0.2, 0.25) is 10.0 Å². The summed E-state index contributed by atoms with van der Waals surface area (Å²) in [6, 6.07) is 11.9. The molecule has 0 saturated carbocycles. The van der Waals surface area contributed by atoms with Crippen LogP contribution < -0.4 is 10.0 Å². The van der Waals surface area contributed by atoms with Crippen LogP contribution >= 0.6 is 11.3 Å². The number of benzene rings is 1. The second kappa shape index (κ2) is 8.75. The van der Waals surface area contributed by atoms with Crippen LogP contribution in [0.2, 0.25) is 0 Å². The molecule has 1 amide bonds. The van der Waals surface area contributed by atoms with Crippen molar-refractivity contribution in [3.63, 3.8) is 0 Å². The van der Waals surface area contributed by atoms with Gasteiger partial charge >= 0.3 is 5.97 Å². The van der Waals surface area contributed by atoms with Crippen molar-refractivity contribution in [3.8, 4) is 0 Å². The Morgan fingerprint density at radius 3 is 2.52 bits per heavy atom. The van der Waals surface area contributed by atoms with Crippen LogP contribution in [0, 0.1) is 0 Å². The number of esters is 1. The molecule has 7 nitrogen and oxygen atoms in total. The molecule has 1 atom stereocenters. The molecule has 0 fully saturated rings. The first-order valence-corrected chi connectivity index (χ1v) is 9.83. The maximum absolute atomic E-state index is 11.9. The van der Waals surface area contributed by atoms with Crippen LogP contribution in [0.15, 0.2) is 52.1 Å². The third-order valence-electron chi connectivity index (χ3n) is 3.10. The second-order valence-corrected chi connectivity index (χ2v) is 8.01. The minimum Gasteiger partial charge on any atom is -0.452 e. The van der Waals surface area contributed by atoms with Crippen molar-refractivity contribution in [1.82, 2.24) is 4.72 Å². The standard InChI is InChI=1S/C16H18N2O5S2/c1-12(16(20)18-13-6-3-2-4-7-13)23-14(19)9-10-17-25(21,22)15-8-5-11-24-15/h2-8,11-12,17H,9-10H2,1H3,(H,18,20). The van der Waals surface area contributed by atoms with Gasteiger partial charge in [0, 0.05) is 12.2 Å². The van der Waals surface area contributed by atoms with Crippen LogP contribution in [0.5, 0.6) is 0 Å². The summed E-state index contributed by atoms with van der Waals surface area (Å²) >= 11 is 1.08. The van der Waals surface area contributed by atoms with E-state index >= 15 is 0 Å². The molecule has 2 rings (SSSR count). The van der Waals surface area contributed by atoms with Crippen molar-refractivity contribution in [2.24, 2.45) is 0 Å². The fourth-order valence-corrected chi connectivity index (χ4v) is 3.92. The smallest absolute Gasteiger partial charge is 0.307 e. The predicted octanol–water partition coefficient (Wildman–Crippen LogP) is 1.99. The molecule has 1 aromatic heterocycles. The number of thiophene rings is 1. The van der Waals surface area contributed by atoms with E-state index in [0.717, 1.165) is 11.3 Å². The van der Waals surface area contributed by atoms with Crippen molar-refractivity contribution in [3.05, 3.63) is 47.8 Å². The molecule has 1 aromatic carbocycles. The lowest BCUT2D eigenvalue weighted by Gasteiger charge is -2.13. The molecule has 1 unspecified atom stereocenters. The first-order chi connectivity index (χ1) is 11.9. The lowest BCUT2D eigenvalue weighted by atomic mass is 10.3. The van der Waals surface area contributed by atoms with Crippen LogP contribution in [-0.2, 0) is 24.3 Å². The molecule has 9 heteroatoms. The summed E-state index contributed by atoms with van der Waals surface area (Å²) in [5.41, 5.74) is 0.596. The number of anilines is 1. The molecule has 0 spiro atoms. The first-order valence-electron chi connectivity index (χ1n) is 7.47. The van der Waals surface area contributed by atoms with E-state index in [1.54, 1.807) is 35.7 Å². The van der Waals surface area contributed by atoms with E-state index in [1.807, 2.05) is 6.07 Å². The fraction of sp³-hybridized carbons (Fsp3) is 0.250. The van der Waals surface area contributed by atoms with E-state index in [4.69, 9.17) is 4.74 Å². The molecule has 25 heavy (non-hydrogen) atoms. The Balaban J connectivity index is 1.75. The van der Waals surface area contributed by atoms with Crippen molar-refractivity contribution in [2.45, 2.75) is 23.7 Å². The zero-order valence-electron chi connectivity index (χ0n) is 13.5. The largest absolute Gasteiger partial charge is 0.452 e. The van der Waals surface area contributed by atoms with Gasteiger partial charge in [-0.25, -0.2) is 13.1 Å². The molecule has 1 heterocycles. The van der Waals surface area contributed by atoms with Crippen molar-refractivity contribution >= 4 is 38.9 Å². The van der Waals surface area contributed by atoms with Crippen LogP contribution in [0.4, 0.5) is 5.69 Å². The van der Waals surface area contributed by atoms with E-state index < -0.39 is 28.0 Å². The summed E-state index contributed by atoms with van der Waals surface area (Å²) in [6.07, 6.45) is -1.16. The molecule has 0 bridgehead atoms. The average Bonchev–Trinajstić information content (AvgIpc) is 3.11. The van der Waals surface area contributed by atoms with Crippen molar-refractivity contribution in [2.75, 3.05) is 11.9 Å². The number of carbonyl (C=O) groups excluding carboxylic acids is 2. The van der Waals surface area contributed by atoms with Gasteiger partial charge in [-0.2, -0.15) is 0 Å². The van der Waals surface area contributed by atoms with E-state index in [1.165, 1.54) is 13.0 Å². The first kappa shape index (κ1) is 19.1. The summed E-state index contributed by atoms with van der Waals surface area (Å²) in [5.74, 6) is -1.12. The molecule has 134 valence electrons. The van der Waals surface area contributed by atoms with Gasteiger partial charge in [0.25, 0.3) is 5.91 Å². The van der Waals surface area contributed by atoms with Crippen LogP contribution in [0.3, 0.4) is 0 Å². The third kappa shape index (κ3) is 5.96. The summed E-state index contributed by atoms with van der Waals surface area (Å²) < 4.78 is 31.3. The molecule has 0 saturated heterocycles. The number of amides is 1. The molecule has 0 aliphatic rings. The summed E-state index contributed by atoms with van der Waals surface area (Å²) in [4.78, 5) is 23.7. The average molecular weight is 382 g/mol. The number of hydrogen-bond donors (Lipinski definition) is 2. The van der Waals surface area contributed by atoms with Gasteiger partial charge in [-0.05, 0) is 30.5 Å².